The molecule has 0 saturated heterocycles. The summed E-state index contributed by atoms with van der Waals surface area (Å²) in [5.74, 6) is 1.29. The third-order valence-electron chi connectivity index (χ3n) is 4.69. The van der Waals surface area contributed by atoms with Crippen molar-refractivity contribution in [3.8, 4) is 39.6 Å². The summed E-state index contributed by atoms with van der Waals surface area (Å²) in [5, 5.41) is 11.3. The van der Waals surface area contributed by atoms with E-state index in [9.17, 15) is 5.11 Å². The van der Waals surface area contributed by atoms with Gasteiger partial charge in [-0.1, -0.05) is 48.0 Å². The number of aromatic nitrogens is 2. The van der Waals surface area contributed by atoms with Gasteiger partial charge in [-0.25, -0.2) is 9.97 Å². The van der Waals surface area contributed by atoms with Crippen LogP contribution in [0.1, 0.15) is 5.56 Å². The fraction of sp³-hybridized carbons (Fsp3) is 0.0833. The van der Waals surface area contributed by atoms with E-state index >= 15 is 0 Å². The minimum absolute atomic E-state index is 0.0570. The normalized spacial score (nSPS) is 10.6. The molecule has 0 bridgehead atoms. The Morgan fingerprint density at radius 2 is 1.73 bits per heavy atom. The number of rotatable bonds is 6. The molecule has 0 aliphatic rings. The molecular formula is C24H19ClN2O3. The van der Waals surface area contributed by atoms with Crippen LogP contribution in [0.2, 0.25) is 5.02 Å². The van der Waals surface area contributed by atoms with E-state index in [1.807, 2.05) is 48.5 Å². The van der Waals surface area contributed by atoms with Gasteiger partial charge in [0.15, 0.2) is 0 Å². The Balaban J connectivity index is 1.65. The number of ether oxygens (including phenoxy) is 2. The molecule has 3 aromatic carbocycles. The minimum atomic E-state index is 0.0570. The highest BCUT2D eigenvalue weighted by Crippen LogP contribution is 2.39. The molecule has 0 radical (unpaired) electrons. The molecule has 4 aromatic rings. The molecule has 0 aliphatic heterocycles. The lowest BCUT2D eigenvalue weighted by Crippen LogP contribution is -1.97. The Kier molecular flexibility index (Phi) is 5.82. The molecule has 0 saturated carbocycles. The van der Waals surface area contributed by atoms with E-state index in [0.717, 1.165) is 16.7 Å². The number of phenols is 1. The second-order valence-electron chi connectivity index (χ2n) is 6.54. The molecule has 0 fully saturated rings. The van der Waals surface area contributed by atoms with Crippen LogP contribution in [0.4, 0.5) is 0 Å². The molecule has 0 spiro atoms. The van der Waals surface area contributed by atoms with E-state index in [-0.39, 0.29) is 5.75 Å². The predicted molar refractivity (Wildman–Crippen MR) is 117 cm³/mol. The van der Waals surface area contributed by atoms with Crippen molar-refractivity contribution < 1.29 is 14.6 Å². The molecule has 4 rings (SSSR count). The van der Waals surface area contributed by atoms with Crippen LogP contribution in [0.5, 0.6) is 17.2 Å². The maximum atomic E-state index is 10.7. The second-order valence-corrected chi connectivity index (χ2v) is 6.95. The summed E-state index contributed by atoms with van der Waals surface area (Å²) >= 11 is 6.17. The number of methoxy groups -OCH3 is 1. The van der Waals surface area contributed by atoms with Gasteiger partial charge in [0.2, 0.25) is 0 Å². The summed E-state index contributed by atoms with van der Waals surface area (Å²) in [5.41, 5.74) is 3.65. The van der Waals surface area contributed by atoms with Crippen molar-refractivity contribution in [1.82, 2.24) is 9.97 Å². The topological polar surface area (TPSA) is 64.5 Å². The Hall–Kier alpha value is -3.57. The number of benzene rings is 3. The molecular weight excluding hydrogens is 400 g/mol. The van der Waals surface area contributed by atoms with E-state index < -0.39 is 0 Å². The van der Waals surface area contributed by atoms with E-state index in [2.05, 4.69) is 9.97 Å². The Labute approximate surface area is 179 Å². The van der Waals surface area contributed by atoms with Crippen LogP contribution < -0.4 is 9.47 Å². The van der Waals surface area contributed by atoms with Gasteiger partial charge in [-0.15, -0.1) is 0 Å². The van der Waals surface area contributed by atoms with Crippen molar-refractivity contribution in [3.05, 3.63) is 89.8 Å². The molecule has 0 amide bonds. The van der Waals surface area contributed by atoms with E-state index in [1.54, 1.807) is 31.5 Å². The van der Waals surface area contributed by atoms with E-state index in [0.29, 0.717) is 34.4 Å². The van der Waals surface area contributed by atoms with Crippen molar-refractivity contribution in [1.29, 1.82) is 0 Å². The average Bonchev–Trinajstić information content (AvgIpc) is 2.79. The van der Waals surface area contributed by atoms with Crippen LogP contribution in [-0.2, 0) is 6.61 Å². The maximum absolute atomic E-state index is 10.7. The van der Waals surface area contributed by atoms with E-state index in [4.69, 9.17) is 21.1 Å². The molecule has 1 heterocycles. The largest absolute Gasteiger partial charge is 0.507 e. The highest BCUT2D eigenvalue weighted by Gasteiger charge is 2.16. The fourth-order valence-corrected chi connectivity index (χ4v) is 3.38. The van der Waals surface area contributed by atoms with Gasteiger partial charge < -0.3 is 14.6 Å². The Morgan fingerprint density at radius 3 is 2.53 bits per heavy atom. The smallest absolute Gasteiger partial charge is 0.128 e. The molecule has 5 nitrogen and oxygen atoms in total. The molecule has 1 N–H and O–H groups in total. The molecule has 0 aliphatic carbocycles. The SMILES string of the molecule is COc1ccccc1-c1cncnc1-c1ccc(OCc2ccccc2Cl)cc1O. The third-order valence-corrected chi connectivity index (χ3v) is 5.05. The summed E-state index contributed by atoms with van der Waals surface area (Å²) < 4.78 is 11.3. The first-order valence-corrected chi connectivity index (χ1v) is 9.68. The number of hydrogen-bond acceptors (Lipinski definition) is 5. The average molecular weight is 419 g/mol. The zero-order chi connectivity index (χ0) is 20.9. The summed E-state index contributed by atoms with van der Waals surface area (Å²) in [6.07, 6.45) is 3.16. The molecule has 0 unspecified atom stereocenters. The fourth-order valence-electron chi connectivity index (χ4n) is 3.19. The zero-order valence-electron chi connectivity index (χ0n) is 16.2. The summed E-state index contributed by atoms with van der Waals surface area (Å²) in [6, 6.07) is 20.2. The monoisotopic (exact) mass is 418 g/mol. The Bertz CT molecular complexity index is 1180. The van der Waals surface area contributed by atoms with Crippen LogP contribution in [0.3, 0.4) is 0 Å². The lowest BCUT2D eigenvalue weighted by molar-refractivity contribution is 0.304. The number of nitrogens with zero attached hydrogens (tertiary/aromatic N) is 2. The number of hydrogen-bond donors (Lipinski definition) is 1. The van der Waals surface area contributed by atoms with Crippen molar-refractivity contribution in [2.24, 2.45) is 0 Å². The molecule has 6 heteroatoms. The van der Waals surface area contributed by atoms with Gasteiger partial charge in [-0.3, -0.25) is 0 Å². The number of phenolic OH excluding ortho intramolecular Hbond substituents is 1. The standard InChI is InChI=1S/C24H19ClN2O3/c1-29-23-9-5-3-7-18(23)20-13-26-15-27-24(20)19-11-10-17(12-22(19)28)30-14-16-6-2-4-8-21(16)25/h2-13,15,28H,14H2,1H3. The van der Waals surface area contributed by atoms with Gasteiger partial charge in [-0.05, 0) is 24.3 Å². The Morgan fingerprint density at radius 1 is 0.933 bits per heavy atom. The minimum Gasteiger partial charge on any atom is -0.507 e. The molecule has 30 heavy (non-hydrogen) atoms. The third kappa shape index (κ3) is 4.07. The second kappa shape index (κ2) is 8.84. The highest BCUT2D eigenvalue weighted by atomic mass is 35.5. The van der Waals surface area contributed by atoms with Crippen LogP contribution in [0.25, 0.3) is 22.4 Å². The van der Waals surface area contributed by atoms with Crippen LogP contribution >= 0.6 is 11.6 Å². The summed E-state index contributed by atoms with van der Waals surface area (Å²) in [4.78, 5) is 8.57. The predicted octanol–water partition coefficient (Wildman–Crippen LogP) is 5.76. The van der Waals surface area contributed by atoms with Gasteiger partial charge in [0.05, 0.1) is 12.8 Å². The summed E-state index contributed by atoms with van der Waals surface area (Å²) in [6.45, 7) is 0.304. The zero-order valence-corrected chi connectivity index (χ0v) is 17.0. The summed E-state index contributed by atoms with van der Waals surface area (Å²) in [7, 11) is 1.62. The van der Waals surface area contributed by atoms with Crippen molar-refractivity contribution in [2.45, 2.75) is 6.61 Å². The van der Waals surface area contributed by atoms with Crippen molar-refractivity contribution >= 4 is 11.6 Å². The lowest BCUT2D eigenvalue weighted by atomic mass is 9.99. The van der Waals surface area contributed by atoms with Crippen LogP contribution in [0.15, 0.2) is 79.3 Å². The first-order valence-electron chi connectivity index (χ1n) is 9.30. The molecule has 0 atom stereocenters. The highest BCUT2D eigenvalue weighted by molar-refractivity contribution is 6.31. The number of para-hydroxylation sites is 1. The number of aromatic hydroxyl groups is 1. The van der Waals surface area contributed by atoms with Crippen LogP contribution in [-0.4, -0.2) is 22.2 Å². The van der Waals surface area contributed by atoms with Gasteiger partial charge in [0, 0.05) is 39.5 Å². The lowest BCUT2D eigenvalue weighted by Gasteiger charge is -2.14. The van der Waals surface area contributed by atoms with Crippen LogP contribution in [0, 0.1) is 0 Å². The first kappa shape index (κ1) is 19.7. The molecule has 150 valence electrons. The van der Waals surface area contributed by atoms with Gasteiger partial charge in [0.25, 0.3) is 0 Å². The quantitative estimate of drug-likeness (QED) is 0.431. The first-order chi connectivity index (χ1) is 14.7. The maximum Gasteiger partial charge on any atom is 0.128 e. The van der Waals surface area contributed by atoms with E-state index in [1.165, 1.54) is 6.33 Å². The van der Waals surface area contributed by atoms with Crippen molar-refractivity contribution in [2.75, 3.05) is 7.11 Å². The van der Waals surface area contributed by atoms with Crippen molar-refractivity contribution in [3.63, 3.8) is 0 Å². The van der Waals surface area contributed by atoms with Gasteiger partial charge in [0.1, 0.15) is 30.2 Å². The number of halogens is 1. The van der Waals surface area contributed by atoms with Gasteiger partial charge in [-0.2, -0.15) is 0 Å². The molecule has 1 aromatic heterocycles. The van der Waals surface area contributed by atoms with Gasteiger partial charge >= 0.3 is 0 Å².